The first kappa shape index (κ1) is 27.1. The minimum Gasteiger partial charge on any atom is -0.480 e. The quantitative estimate of drug-likeness (QED) is 0.264. The number of carbonyl (C=O) groups excluding carboxylic acids is 1. The van der Waals surface area contributed by atoms with Gasteiger partial charge in [-0.25, -0.2) is 14.8 Å². The number of amides is 1. The van der Waals surface area contributed by atoms with Crippen LogP contribution in [0.2, 0.25) is 0 Å². The molecule has 38 heavy (non-hydrogen) atoms. The van der Waals surface area contributed by atoms with Gasteiger partial charge in [0.1, 0.15) is 6.04 Å². The molecule has 0 radical (unpaired) electrons. The average molecular weight is 526 g/mol. The molecule has 1 heterocycles. The summed E-state index contributed by atoms with van der Waals surface area (Å²) in [6, 6.07) is 21.9. The third kappa shape index (κ3) is 6.66. The molecule has 0 saturated heterocycles. The van der Waals surface area contributed by atoms with Gasteiger partial charge >= 0.3 is 5.97 Å². The summed E-state index contributed by atoms with van der Waals surface area (Å²) in [7, 11) is 0. The Morgan fingerprint density at radius 1 is 0.842 bits per heavy atom. The topological polar surface area (TPSA) is 92.2 Å². The summed E-state index contributed by atoms with van der Waals surface area (Å²) in [6.45, 7) is 6.57. The van der Waals surface area contributed by atoms with E-state index in [1.165, 1.54) is 5.56 Å². The molecule has 1 unspecified atom stereocenters. The van der Waals surface area contributed by atoms with Crippen LogP contribution in [-0.2, 0) is 16.6 Å². The molecule has 0 fully saturated rings. The molecule has 3 aromatic carbocycles. The van der Waals surface area contributed by atoms with Crippen molar-refractivity contribution in [1.29, 1.82) is 0 Å². The Morgan fingerprint density at radius 2 is 1.42 bits per heavy atom. The zero-order chi connectivity index (χ0) is 27.3. The molecule has 1 aromatic heterocycles. The van der Waals surface area contributed by atoms with Gasteiger partial charge in [0.25, 0.3) is 5.91 Å². The second-order valence-corrected chi connectivity index (χ2v) is 11.0. The van der Waals surface area contributed by atoms with E-state index in [0.29, 0.717) is 11.4 Å². The van der Waals surface area contributed by atoms with Crippen LogP contribution < -0.4 is 5.32 Å². The molecular weight excluding hydrogens is 494 g/mol. The first-order chi connectivity index (χ1) is 18.1. The number of carboxylic acids is 1. The average Bonchev–Trinajstić information content (AvgIpc) is 2.93. The molecule has 0 aliphatic rings. The van der Waals surface area contributed by atoms with Crippen LogP contribution in [0.3, 0.4) is 0 Å². The SMILES string of the molecule is CSc1ccc(C(=O)NC(Cc2ccc(-c3ncc(-c4ccc(C(C)(C)C)cc4)cn3)cc2)C(=O)O)cc1. The van der Waals surface area contributed by atoms with Crippen molar-refractivity contribution >= 4 is 23.6 Å². The highest BCUT2D eigenvalue weighted by Crippen LogP contribution is 2.26. The number of nitrogens with zero attached hydrogens (tertiary/aromatic N) is 2. The monoisotopic (exact) mass is 525 g/mol. The van der Waals surface area contributed by atoms with E-state index in [-0.39, 0.29) is 11.8 Å². The maximum Gasteiger partial charge on any atom is 0.326 e. The fourth-order valence-corrected chi connectivity index (χ4v) is 4.41. The first-order valence-electron chi connectivity index (χ1n) is 12.3. The van der Waals surface area contributed by atoms with Gasteiger partial charge in [-0.05, 0) is 52.6 Å². The smallest absolute Gasteiger partial charge is 0.326 e. The van der Waals surface area contributed by atoms with Gasteiger partial charge < -0.3 is 10.4 Å². The molecule has 1 atom stereocenters. The van der Waals surface area contributed by atoms with E-state index in [1.807, 2.05) is 55.0 Å². The van der Waals surface area contributed by atoms with Crippen LogP contribution in [-0.4, -0.2) is 39.2 Å². The largest absolute Gasteiger partial charge is 0.480 e. The minimum absolute atomic E-state index is 0.0984. The molecular formula is C31H31N3O3S. The van der Waals surface area contributed by atoms with Gasteiger partial charge in [0, 0.05) is 40.4 Å². The molecule has 194 valence electrons. The van der Waals surface area contributed by atoms with E-state index in [0.717, 1.165) is 27.1 Å². The van der Waals surface area contributed by atoms with Gasteiger partial charge in [-0.2, -0.15) is 0 Å². The van der Waals surface area contributed by atoms with Crippen LogP contribution in [0, 0.1) is 0 Å². The third-order valence-electron chi connectivity index (χ3n) is 6.34. The van der Waals surface area contributed by atoms with E-state index in [9.17, 15) is 14.7 Å². The van der Waals surface area contributed by atoms with Gasteiger partial charge in [-0.3, -0.25) is 4.79 Å². The maximum absolute atomic E-state index is 12.6. The Morgan fingerprint density at radius 3 is 1.95 bits per heavy atom. The summed E-state index contributed by atoms with van der Waals surface area (Å²) in [5.74, 6) is -0.913. The zero-order valence-electron chi connectivity index (χ0n) is 21.9. The number of nitrogens with one attached hydrogen (secondary N) is 1. The van der Waals surface area contributed by atoms with Crippen molar-refractivity contribution in [2.24, 2.45) is 0 Å². The summed E-state index contributed by atoms with van der Waals surface area (Å²) in [4.78, 5) is 34.5. The summed E-state index contributed by atoms with van der Waals surface area (Å²) in [5, 5.41) is 12.3. The second-order valence-electron chi connectivity index (χ2n) is 10.1. The summed E-state index contributed by atoms with van der Waals surface area (Å²) in [5.41, 5.74) is 5.41. The molecule has 4 rings (SSSR count). The predicted octanol–water partition coefficient (Wildman–Crippen LogP) is 6.26. The molecule has 0 saturated carbocycles. The minimum atomic E-state index is -1.09. The van der Waals surface area contributed by atoms with Crippen LogP contribution in [0.1, 0.15) is 42.3 Å². The van der Waals surface area contributed by atoms with E-state index >= 15 is 0 Å². The normalized spacial score (nSPS) is 12.1. The van der Waals surface area contributed by atoms with Crippen LogP contribution in [0.25, 0.3) is 22.5 Å². The van der Waals surface area contributed by atoms with E-state index in [4.69, 9.17) is 0 Å². The predicted molar refractivity (Wildman–Crippen MR) is 152 cm³/mol. The molecule has 7 heteroatoms. The lowest BCUT2D eigenvalue weighted by molar-refractivity contribution is -0.139. The number of carbonyl (C=O) groups is 2. The fraction of sp³-hybridized carbons (Fsp3) is 0.226. The second kappa shape index (κ2) is 11.6. The summed E-state index contributed by atoms with van der Waals surface area (Å²) >= 11 is 1.58. The molecule has 6 nitrogen and oxygen atoms in total. The highest BCUT2D eigenvalue weighted by Gasteiger charge is 2.21. The number of rotatable bonds is 8. The van der Waals surface area contributed by atoms with Gasteiger partial charge in [0.05, 0.1) is 0 Å². The van der Waals surface area contributed by atoms with Crippen molar-refractivity contribution in [3.8, 4) is 22.5 Å². The van der Waals surface area contributed by atoms with Crippen molar-refractivity contribution in [1.82, 2.24) is 15.3 Å². The van der Waals surface area contributed by atoms with E-state index in [2.05, 4.69) is 60.3 Å². The lowest BCUT2D eigenvalue weighted by Crippen LogP contribution is -2.42. The van der Waals surface area contributed by atoms with Gasteiger partial charge in [-0.1, -0.05) is 69.3 Å². The van der Waals surface area contributed by atoms with Crippen LogP contribution >= 0.6 is 11.8 Å². The Labute approximate surface area is 227 Å². The van der Waals surface area contributed by atoms with Crippen LogP contribution in [0.5, 0.6) is 0 Å². The zero-order valence-corrected chi connectivity index (χ0v) is 22.8. The lowest BCUT2D eigenvalue weighted by Gasteiger charge is -2.19. The maximum atomic E-state index is 12.6. The van der Waals surface area contributed by atoms with Crippen molar-refractivity contribution in [2.45, 2.75) is 43.5 Å². The van der Waals surface area contributed by atoms with Gasteiger partial charge in [-0.15, -0.1) is 11.8 Å². The van der Waals surface area contributed by atoms with Crippen molar-refractivity contribution in [2.75, 3.05) is 6.26 Å². The molecule has 0 aliphatic heterocycles. The molecule has 1 amide bonds. The highest BCUT2D eigenvalue weighted by atomic mass is 32.2. The summed E-state index contributed by atoms with van der Waals surface area (Å²) in [6.07, 6.45) is 5.73. The molecule has 4 aromatic rings. The molecule has 2 N–H and O–H groups in total. The standard InChI is InChI=1S/C31H31N3O3S/c1-31(2,3)25-13-9-21(10-14-25)24-18-32-28(33-19-24)22-7-5-20(6-8-22)17-27(30(36)37)34-29(35)23-11-15-26(38-4)16-12-23/h5-16,18-19,27H,17H2,1-4H3,(H,34,35)(H,36,37). The fourth-order valence-electron chi connectivity index (χ4n) is 4.00. The van der Waals surface area contributed by atoms with Crippen molar-refractivity contribution < 1.29 is 14.7 Å². The van der Waals surface area contributed by atoms with Gasteiger partial charge in [0.15, 0.2) is 5.82 Å². The number of hydrogen-bond donors (Lipinski definition) is 2. The number of aromatic nitrogens is 2. The summed E-state index contributed by atoms with van der Waals surface area (Å²) < 4.78 is 0. The number of thioether (sulfide) groups is 1. The van der Waals surface area contributed by atoms with Crippen LogP contribution in [0.15, 0.2) is 90.1 Å². The van der Waals surface area contributed by atoms with E-state index in [1.54, 1.807) is 23.9 Å². The first-order valence-corrected chi connectivity index (χ1v) is 13.6. The number of carboxylic acid groups (broad SMARTS) is 1. The number of benzene rings is 3. The molecule has 0 bridgehead atoms. The van der Waals surface area contributed by atoms with Crippen LogP contribution in [0.4, 0.5) is 0 Å². The Bertz CT molecular complexity index is 1390. The Balaban J connectivity index is 1.42. The van der Waals surface area contributed by atoms with Crippen molar-refractivity contribution in [3.63, 3.8) is 0 Å². The Hall–Kier alpha value is -3.97. The highest BCUT2D eigenvalue weighted by molar-refractivity contribution is 7.98. The number of hydrogen-bond acceptors (Lipinski definition) is 5. The van der Waals surface area contributed by atoms with Gasteiger partial charge in [0.2, 0.25) is 0 Å². The molecule has 0 spiro atoms. The lowest BCUT2D eigenvalue weighted by atomic mass is 9.86. The van der Waals surface area contributed by atoms with Crippen molar-refractivity contribution in [3.05, 3.63) is 102 Å². The third-order valence-corrected chi connectivity index (χ3v) is 7.09. The Kier molecular flexibility index (Phi) is 8.27. The van der Waals surface area contributed by atoms with E-state index < -0.39 is 17.9 Å². The number of aliphatic carboxylic acids is 1. The molecule has 0 aliphatic carbocycles.